The van der Waals surface area contributed by atoms with Crippen LogP contribution in [0, 0.1) is 11.3 Å². The molecule has 70 heavy (non-hydrogen) atoms. The Labute approximate surface area is 434 Å². The van der Waals surface area contributed by atoms with Crippen molar-refractivity contribution in [3.8, 4) is 17.3 Å². The maximum absolute atomic E-state index is 13.5. The number of fused-ring (bicyclic) bond motifs is 1. The zero-order chi connectivity index (χ0) is 50.9. The van der Waals surface area contributed by atoms with E-state index in [-0.39, 0.29) is 108 Å². The molecule has 2 aliphatic heterocycles. The second-order valence-corrected chi connectivity index (χ2v) is 18.9. The average molecular weight is 1060 g/mol. The van der Waals surface area contributed by atoms with Gasteiger partial charge >= 0.3 is 12.1 Å². The third-order valence-electron chi connectivity index (χ3n) is 11.1. The molecule has 3 aromatic heterocycles. The Kier molecular flexibility index (Phi) is 23.0. The van der Waals surface area contributed by atoms with Crippen molar-refractivity contribution in [2.24, 2.45) is 5.73 Å². The molecule has 2 fully saturated rings. The van der Waals surface area contributed by atoms with Crippen LogP contribution in [0.2, 0.25) is 0 Å². The van der Waals surface area contributed by atoms with Gasteiger partial charge in [-0.25, -0.2) is 28.0 Å². The number of nitriles is 1. The van der Waals surface area contributed by atoms with Gasteiger partial charge in [0.25, 0.3) is 0 Å². The third kappa shape index (κ3) is 15.6. The minimum atomic E-state index is -3.41. The predicted octanol–water partition coefficient (Wildman–Crippen LogP) is 1.75. The maximum atomic E-state index is 13.5. The van der Waals surface area contributed by atoms with Crippen molar-refractivity contribution in [3.63, 3.8) is 0 Å². The summed E-state index contributed by atoms with van der Waals surface area (Å²) in [7, 11) is 4.70. The average Bonchev–Trinajstić information content (AvgIpc) is 4.11. The minimum Gasteiger partial charge on any atom is -0.445 e. The van der Waals surface area contributed by atoms with Crippen molar-refractivity contribution in [1.29, 1.82) is 5.26 Å². The molecule has 0 bridgehead atoms. The number of sulfonamides is 1. The second kappa shape index (κ2) is 27.6. The van der Waals surface area contributed by atoms with Crippen LogP contribution in [-0.2, 0) is 78.8 Å². The molecule has 2 unspecified atom stereocenters. The number of nitrogens with one attached hydrogen (secondary N) is 3. The molecule has 0 aliphatic carbocycles. The molecule has 1 aromatic carbocycles. The van der Waals surface area contributed by atoms with Gasteiger partial charge in [0.1, 0.15) is 24.5 Å². The van der Waals surface area contributed by atoms with E-state index in [4.69, 9.17) is 18.5 Å². The number of likely N-dealkylation sites (N-methyl/N-ethyl adjacent to an activating group) is 2. The molecule has 4 aromatic rings. The Bertz CT molecular complexity index is 2570. The van der Waals surface area contributed by atoms with E-state index >= 15 is 0 Å². The van der Waals surface area contributed by atoms with Gasteiger partial charge in [-0.3, -0.25) is 28.4 Å². The number of likely N-dealkylation sites (tertiary alicyclic amines) is 1. The number of benzene rings is 1. The quantitative estimate of drug-likeness (QED) is 0.0816. The van der Waals surface area contributed by atoms with E-state index in [1.165, 1.54) is 36.3 Å². The number of carbonyl (C=O) groups excluding carboxylic acids is 6. The number of anilines is 1. The number of ether oxygens (including phenoxy) is 1. The molecule has 2 saturated heterocycles. The molecule has 5 N–H and O–H groups in total. The molecular weight excluding hydrogens is 1000 g/mol. The molecule has 5 heterocycles. The van der Waals surface area contributed by atoms with Crippen molar-refractivity contribution in [1.82, 2.24) is 53.9 Å². The molecular formula is C44H61BN14O9SY. The number of rotatable bonds is 18. The summed E-state index contributed by atoms with van der Waals surface area (Å²) in [6.07, 6.45) is 9.15. The third-order valence-corrected chi connectivity index (χ3v) is 12.9. The fraction of sp³-hybridized carbons (Fsp3) is 0.500. The van der Waals surface area contributed by atoms with Gasteiger partial charge in [-0.15, -0.1) is 0 Å². The van der Waals surface area contributed by atoms with E-state index in [0.717, 1.165) is 6.42 Å². The van der Waals surface area contributed by atoms with E-state index in [1.807, 2.05) is 0 Å². The van der Waals surface area contributed by atoms with Gasteiger partial charge in [0, 0.05) is 121 Å². The summed E-state index contributed by atoms with van der Waals surface area (Å²) >= 11 is 0. The van der Waals surface area contributed by atoms with Gasteiger partial charge in [0.15, 0.2) is 13.6 Å². The number of aromatic nitrogens is 5. The Morgan fingerprint density at radius 1 is 1.07 bits per heavy atom. The summed E-state index contributed by atoms with van der Waals surface area (Å²) in [4.78, 5) is 85.1. The van der Waals surface area contributed by atoms with Crippen LogP contribution in [0.4, 0.5) is 15.3 Å². The molecule has 3 radical (unpaired) electrons. The smallest absolute Gasteiger partial charge is 0.409 e. The van der Waals surface area contributed by atoms with E-state index in [0.29, 0.717) is 52.9 Å². The summed E-state index contributed by atoms with van der Waals surface area (Å²) in [5.74, 6) is -1.18. The molecule has 373 valence electrons. The molecule has 6 amide bonds. The summed E-state index contributed by atoms with van der Waals surface area (Å²) in [6.45, 7) is 8.44. The Morgan fingerprint density at radius 2 is 1.74 bits per heavy atom. The van der Waals surface area contributed by atoms with Crippen LogP contribution in [-0.4, -0.2) is 167 Å². The first-order valence-electron chi connectivity index (χ1n) is 22.3. The minimum absolute atomic E-state index is 0. The van der Waals surface area contributed by atoms with Crippen molar-refractivity contribution in [2.45, 2.75) is 84.0 Å². The molecule has 23 nitrogen and oxygen atoms in total. The fourth-order valence-electron chi connectivity index (χ4n) is 7.17. The first kappa shape index (κ1) is 58.5. The number of amides is 6. The predicted molar refractivity (Wildman–Crippen MR) is 256 cm³/mol. The first-order chi connectivity index (χ1) is 32.9. The van der Waals surface area contributed by atoms with E-state index < -0.39 is 39.6 Å². The monoisotopic (exact) mass is 1060 g/mol. The molecule has 2 aliphatic rings. The molecule has 2 atom stereocenters. The summed E-state index contributed by atoms with van der Waals surface area (Å²) in [6, 6.07) is 9.54. The number of primary amides is 1. The van der Waals surface area contributed by atoms with Crippen LogP contribution in [0.3, 0.4) is 0 Å². The van der Waals surface area contributed by atoms with Gasteiger partial charge in [-0.2, -0.15) is 14.7 Å². The Morgan fingerprint density at radius 3 is 2.34 bits per heavy atom. The molecule has 6 rings (SSSR count). The fourth-order valence-corrected chi connectivity index (χ4v) is 8.41. The largest absolute Gasteiger partial charge is 0.445 e. The number of nitrogens with zero attached hydrogens (tertiary/aromatic N) is 10. The van der Waals surface area contributed by atoms with Crippen LogP contribution in [0.25, 0.3) is 22.3 Å². The van der Waals surface area contributed by atoms with Crippen LogP contribution in [0.15, 0.2) is 55.2 Å². The van der Waals surface area contributed by atoms with Gasteiger partial charge in [-0.1, -0.05) is 39.3 Å². The van der Waals surface area contributed by atoms with Crippen molar-refractivity contribution < 1.29 is 74.6 Å². The van der Waals surface area contributed by atoms with Crippen LogP contribution in [0.5, 0.6) is 0 Å². The van der Waals surface area contributed by atoms with E-state index in [1.54, 1.807) is 81.5 Å². The normalized spacial score (nSPS) is 15.2. The zero-order valence-electron chi connectivity index (χ0n) is 40.4. The Balaban J connectivity index is 0.000000971. The summed E-state index contributed by atoms with van der Waals surface area (Å²) in [5, 5.41) is 22.2. The summed E-state index contributed by atoms with van der Waals surface area (Å²) < 4.78 is 34.5. The second-order valence-electron chi connectivity index (χ2n) is 16.6. The molecule has 0 saturated carbocycles. The van der Waals surface area contributed by atoms with Crippen LogP contribution < -0.4 is 21.6 Å². The van der Waals surface area contributed by atoms with Crippen molar-refractivity contribution in [3.05, 3.63) is 60.8 Å². The van der Waals surface area contributed by atoms with Gasteiger partial charge < -0.3 is 41.0 Å². The molecule has 0 spiro atoms. The zero-order valence-corrected chi connectivity index (χ0v) is 44.1. The van der Waals surface area contributed by atoms with Crippen molar-refractivity contribution >= 4 is 71.0 Å². The number of nitrogens with two attached hydrogens (primary N) is 1. The van der Waals surface area contributed by atoms with Gasteiger partial charge in [0.05, 0.1) is 36.7 Å². The van der Waals surface area contributed by atoms with Crippen molar-refractivity contribution in [2.75, 3.05) is 64.4 Å². The standard InChI is InChI=1S/C37H44N12O8S.C4H9BN2O.C3H8.Y/c1-4-58(55,56)47-22-37(23-47,12-13-38)49-20-27(18-42-49)32-29-11-15-48(33(29)41-24-40-32)35(53)44(2)16-17-45(3)36(54)57-21-26-7-9-28(10-8-26)43-31(51)19-39-34(52)30-6-5-14-46(30)25-50;1-3(7-5)2-4(6)8;1-3-2;/h7-11,15,18,20,24-25,30H,4-6,12,14,16-17,19,21-23H2,1-3H3,(H,39,52)(H,43,51);3,7H,2H2,1H3,(H2,6,8);3H2,1-2H3;. The Hall–Kier alpha value is -5.80. The van der Waals surface area contributed by atoms with Crippen LogP contribution in [0.1, 0.15) is 65.4 Å². The summed E-state index contributed by atoms with van der Waals surface area (Å²) in [5.41, 5.74) is 6.64. The maximum Gasteiger partial charge on any atom is 0.409 e. The van der Waals surface area contributed by atoms with E-state index in [9.17, 15) is 42.4 Å². The molecule has 26 heteroatoms. The van der Waals surface area contributed by atoms with E-state index in [2.05, 4.69) is 50.8 Å². The number of hydrogen-bond donors (Lipinski definition) is 4. The van der Waals surface area contributed by atoms with Gasteiger partial charge in [-0.05, 0) is 43.5 Å². The first-order valence-corrected chi connectivity index (χ1v) is 24.0. The van der Waals surface area contributed by atoms with Crippen LogP contribution >= 0.6 is 0 Å². The number of hydrogen-bond acceptors (Lipinski definition) is 14. The SMILES string of the molecule is CCC.CCS(=O)(=O)N1CC(CC#N)(n2cc(-c3ncnc4c3ccn4C(=O)N(C)CCN(C)C(=O)OCc3ccc(NC(=O)CNC(=O)C4CCCN4C=O)cc3)cn2)C1.[B]NC(C)CC(N)=O.[Y]. The topological polar surface area (TPSA) is 293 Å². The number of carbonyl (C=O) groups is 6. The van der Waals surface area contributed by atoms with Gasteiger partial charge in [0.2, 0.25) is 34.2 Å².